The first-order valence-corrected chi connectivity index (χ1v) is 8.49. The van der Waals surface area contributed by atoms with Gasteiger partial charge in [-0.1, -0.05) is 0 Å². The molecule has 10 nitrogen and oxygen atoms in total. The first kappa shape index (κ1) is 20.9. The number of rotatable bonds is 6. The van der Waals surface area contributed by atoms with Crippen molar-refractivity contribution in [3.63, 3.8) is 0 Å². The minimum Gasteiger partial charge on any atom is -0.454 e. The van der Waals surface area contributed by atoms with E-state index in [0.29, 0.717) is 0 Å². The van der Waals surface area contributed by atoms with Crippen LogP contribution in [0.25, 0.3) is 0 Å². The van der Waals surface area contributed by atoms with Gasteiger partial charge in [-0.25, -0.2) is 17.6 Å². The van der Waals surface area contributed by atoms with Crippen LogP contribution in [0.3, 0.4) is 0 Å². The van der Waals surface area contributed by atoms with Gasteiger partial charge < -0.3 is 19.6 Å². The Bertz CT molecular complexity index is 993. The van der Waals surface area contributed by atoms with Crippen LogP contribution in [0.2, 0.25) is 0 Å². The average Bonchev–Trinajstić information content (AvgIpc) is 3.32. The van der Waals surface area contributed by atoms with Gasteiger partial charge in [0.05, 0.1) is 11.3 Å². The Kier molecular flexibility index (Phi) is 5.44. The molecule has 0 aliphatic carbocycles. The minimum absolute atomic E-state index is 0.0519. The van der Waals surface area contributed by atoms with Crippen LogP contribution in [0.5, 0.6) is 0 Å². The lowest BCUT2D eigenvalue weighted by atomic mass is 10.1. The zero-order valence-electron chi connectivity index (χ0n) is 14.0. The zero-order valence-corrected chi connectivity index (χ0v) is 15.6. The molecule has 0 spiro atoms. The number of carbonyl (C=O) groups excluding carboxylic acids is 1. The second-order valence-electron chi connectivity index (χ2n) is 5.89. The highest BCUT2D eigenvalue weighted by Crippen LogP contribution is 2.34. The molecule has 0 unspecified atom stereocenters. The summed E-state index contributed by atoms with van der Waals surface area (Å²) in [5.74, 6) is -2.32. The molecular weight excluding hydrogens is 474 g/mol. The molecule has 0 saturated heterocycles. The van der Waals surface area contributed by atoms with Gasteiger partial charge in [0.1, 0.15) is 22.5 Å². The van der Waals surface area contributed by atoms with Crippen LogP contribution < -0.4 is 0 Å². The zero-order chi connectivity index (χ0) is 21.5. The van der Waals surface area contributed by atoms with E-state index in [1.807, 2.05) is 0 Å². The Balaban J connectivity index is 1.83. The number of nitrogens with zero attached hydrogens (tertiary/aromatic N) is 5. The summed E-state index contributed by atoms with van der Waals surface area (Å²) in [5.41, 5.74) is -4.30. The fraction of sp³-hybridized carbons (Fsp3) is 0.357. The summed E-state index contributed by atoms with van der Waals surface area (Å²) in [4.78, 5) is 22.5. The van der Waals surface area contributed by atoms with Crippen molar-refractivity contribution >= 4 is 33.4 Å². The van der Waals surface area contributed by atoms with Crippen LogP contribution in [0.15, 0.2) is 32.3 Å². The highest BCUT2D eigenvalue weighted by Gasteiger charge is 2.54. The van der Waals surface area contributed by atoms with Crippen molar-refractivity contribution in [3.8, 4) is 0 Å². The van der Waals surface area contributed by atoms with E-state index < -0.39 is 53.1 Å². The fourth-order valence-corrected chi connectivity index (χ4v) is 3.00. The average molecular weight is 484 g/mol. The lowest BCUT2D eigenvalue weighted by Crippen LogP contribution is -2.51. The van der Waals surface area contributed by atoms with Crippen molar-refractivity contribution in [1.29, 1.82) is 0 Å². The second kappa shape index (κ2) is 7.55. The maximum absolute atomic E-state index is 13.2. The molecule has 0 bridgehead atoms. The number of hydrazone groups is 1. The summed E-state index contributed by atoms with van der Waals surface area (Å²) in [6.45, 7) is -0.162. The van der Waals surface area contributed by atoms with Crippen LogP contribution >= 0.6 is 15.9 Å². The molecule has 0 radical (unpaired) electrons. The Morgan fingerprint density at radius 1 is 1.41 bits per heavy atom. The molecule has 156 valence electrons. The molecule has 29 heavy (non-hydrogen) atoms. The largest absolute Gasteiger partial charge is 0.454 e. The van der Waals surface area contributed by atoms with Gasteiger partial charge in [0.25, 0.3) is 12.9 Å². The van der Waals surface area contributed by atoms with Crippen molar-refractivity contribution in [2.45, 2.75) is 31.5 Å². The van der Waals surface area contributed by atoms with Crippen molar-refractivity contribution < 1.29 is 36.8 Å². The number of hydrogen-bond donors (Lipinski definition) is 1. The third-order valence-electron chi connectivity index (χ3n) is 3.89. The van der Waals surface area contributed by atoms with E-state index in [0.717, 1.165) is 10.7 Å². The van der Waals surface area contributed by atoms with Gasteiger partial charge in [-0.05, 0) is 33.0 Å². The highest BCUT2D eigenvalue weighted by atomic mass is 79.9. The molecular formula is C14H10BrF4N5O5. The molecule has 3 heterocycles. The Morgan fingerprint density at radius 2 is 2.10 bits per heavy atom. The molecule has 1 amide bonds. The van der Waals surface area contributed by atoms with Gasteiger partial charge in [-0.15, -0.1) is 0 Å². The van der Waals surface area contributed by atoms with Gasteiger partial charge in [0, 0.05) is 6.42 Å². The summed E-state index contributed by atoms with van der Waals surface area (Å²) in [6.07, 6.45) is -6.74. The molecule has 3 rings (SSSR count). The number of carbonyl (C=O) groups is 1. The summed E-state index contributed by atoms with van der Waals surface area (Å²) in [5, 5.41) is 27.5. The molecule has 0 fully saturated rings. The summed E-state index contributed by atoms with van der Waals surface area (Å²) in [6, 6.07) is 2.32. The summed E-state index contributed by atoms with van der Waals surface area (Å²) >= 11 is 2.96. The molecule has 15 heteroatoms. The van der Waals surface area contributed by atoms with Gasteiger partial charge in [0.2, 0.25) is 5.72 Å². The van der Waals surface area contributed by atoms with E-state index in [4.69, 9.17) is 4.42 Å². The number of amides is 1. The quantitative estimate of drug-likeness (QED) is 0.382. The Morgan fingerprint density at radius 3 is 2.66 bits per heavy atom. The lowest BCUT2D eigenvalue weighted by Gasteiger charge is -2.29. The topological polar surface area (TPSA) is 127 Å². The number of aromatic nitrogens is 2. The molecule has 1 aliphatic heterocycles. The highest BCUT2D eigenvalue weighted by molar-refractivity contribution is 9.10. The van der Waals surface area contributed by atoms with Gasteiger partial charge in [-0.3, -0.25) is 4.79 Å². The summed E-state index contributed by atoms with van der Waals surface area (Å²) in [7, 11) is 0. The van der Waals surface area contributed by atoms with Crippen LogP contribution in [0, 0.1) is 10.1 Å². The molecule has 1 atom stereocenters. The number of nitro groups is 1. The third-order valence-corrected chi connectivity index (χ3v) is 4.45. The SMILES string of the molecule is O=C(c1ccc(Cn2cc(Br)c([N+](=O)[O-])n2)o1)N1N=C(C(F)F)C[C@]1(O)C(F)F. The normalized spacial score (nSPS) is 19.3. The number of alkyl halides is 4. The van der Waals surface area contributed by atoms with Crippen molar-refractivity contribution in [3.05, 3.63) is 44.4 Å². The molecule has 1 N–H and O–H groups in total. The maximum atomic E-state index is 13.2. The lowest BCUT2D eigenvalue weighted by molar-refractivity contribution is -0.390. The van der Waals surface area contributed by atoms with E-state index >= 15 is 0 Å². The van der Waals surface area contributed by atoms with Crippen molar-refractivity contribution in [2.75, 3.05) is 0 Å². The standard InChI is InChI=1S/C14H10BrF4N5O5/c15-7-5-22(21-11(7)24(27)28)4-6-1-2-9(29-6)12(25)23-14(26,13(18)19)3-8(20-23)10(16)17/h1-2,5,10,13,26H,3-4H2/t14-/m0/s1. The first-order chi connectivity index (χ1) is 13.5. The second-order valence-corrected chi connectivity index (χ2v) is 6.74. The van der Waals surface area contributed by atoms with E-state index in [1.165, 1.54) is 12.3 Å². The number of aliphatic hydroxyl groups is 1. The Labute approximate surface area is 166 Å². The van der Waals surface area contributed by atoms with Gasteiger partial charge >= 0.3 is 11.7 Å². The van der Waals surface area contributed by atoms with Crippen LogP contribution in [0.4, 0.5) is 23.4 Å². The van der Waals surface area contributed by atoms with E-state index in [-0.39, 0.29) is 21.8 Å². The van der Waals surface area contributed by atoms with E-state index in [9.17, 15) is 37.6 Å². The predicted octanol–water partition coefficient (Wildman–Crippen LogP) is 2.62. The summed E-state index contributed by atoms with van der Waals surface area (Å²) < 4.78 is 58.5. The van der Waals surface area contributed by atoms with Gasteiger partial charge in [-0.2, -0.15) is 14.8 Å². The van der Waals surface area contributed by atoms with Crippen molar-refractivity contribution in [1.82, 2.24) is 14.8 Å². The van der Waals surface area contributed by atoms with E-state index in [1.54, 1.807) is 0 Å². The number of hydrogen-bond acceptors (Lipinski definition) is 7. The van der Waals surface area contributed by atoms with Crippen molar-refractivity contribution in [2.24, 2.45) is 5.10 Å². The molecule has 0 saturated carbocycles. The van der Waals surface area contributed by atoms with Crippen LogP contribution in [-0.4, -0.2) is 55.0 Å². The minimum atomic E-state index is -3.57. The monoisotopic (exact) mass is 483 g/mol. The molecule has 0 aromatic carbocycles. The van der Waals surface area contributed by atoms with E-state index in [2.05, 4.69) is 26.1 Å². The maximum Gasteiger partial charge on any atom is 0.404 e. The number of furan rings is 1. The smallest absolute Gasteiger partial charge is 0.404 e. The predicted molar refractivity (Wildman–Crippen MR) is 89.6 cm³/mol. The van der Waals surface area contributed by atoms with Crippen LogP contribution in [-0.2, 0) is 6.54 Å². The Hall–Kier alpha value is -2.81. The molecule has 2 aromatic rings. The molecule has 2 aromatic heterocycles. The fourth-order valence-electron chi connectivity index (χ4n) is 2.54. The molecule has 1 aliphatic rings. The first-order valence-electron chi connectivity index (χ1n) is 7.69. The number of halogens is 5. The third kappa shape index (κ3) is 3.87. The van der Waals surface area contributed by atoms with Crippen LogP contribution in [0.1, 0.15) is 22.7 Å². The van der Waals surface area contributed by atoms with Gasteiger partial charge in [0.15, 0.2) is 5.76 Å².